The van der Waals surface area contributed by atoms with Gasteiger partial charge >= 0.3 is 0 Å². The molecule has 2 aromatic rings. The van der Waals surface area contributed by atoms with E-state index in [1.54, 1.807) is 12.1 Å². The zero-order valence-electron chi connectivity index (χ0n) is 6.67. The summed E-state index contributed by atoms with van der Waals surface area (Å²) in [6.45, 7) is 0. The summed E-state index contributed by atoms with van der Waals surface area (Å²) in [5.74, 6) is 0.445. The van der Waals surface area contributed by atoms with Crippen molar-refractivity contribution in [1.82, 2.24) is 10.2 Å². The lowest BCUT2D eigenvalue weighted by Crippen LogP contribution is -1.79. The van der Waals surface area contributed by atoms with E-state index in [1.807, 2.05) is 6.07 Å². The molecule has 0 atom stereocenters. The van der Waals surface area contributed by atoms with Gasteiger partial charge in [-0.05, 0) is 34.1 Å². The van der Waals surface area contributed by atoms with Crippen molar-refractivity contribution in [3.8, 4) is 11.5 Å². The number of rotatable bonds is 1. The van der Waals surface area contributed by atoms with E-state index in [4.69, 9.17) is 16.0 Å². The van der Waals surface area contributed by atoms with Crippen LogP contribution in [-0.2, 0) is 0 Å². The van der Waals surface area contributed by atoms with Gasteiger partial charge < -0.3 is 4.42 Å². The van der Waals surface area contributed by atoms with Gasteiger partial charge in [0, 0.05) is 25.4 Å². The van der Waals surface area contributed by atoms with Gasteiger partial charge in [0.1, 0.15) is 0 Å². The van der Waals surface area contributed by atoms with Crippen molar-refractivity contribution in [1.29, 1.82) is 0 Å². The van der Waals surface area contributed by atoms with Gasteiger partial charge in [-0.15, -0.1) is 10.2 Å². The molecule has 1 heterocycles. The number of hydrogen-bond acceptors (Lipinski definition) is 3. The second kappa shape index (κ2) is 4.00. The maximum atomic E-state index is 5.80. The summed E-state index contributed by atoms with van der Waals surface area (Å²) in [6.07, 6.45) is 0. The molecule has 1 aromatic heterocycles. The van der Waals surface area contributed by atoms with Gasteiger partial charge in [-0.25, -0.2) is 0 Å². The smallest absolute Gasteiger partial charge is 0.285 e. The summed E-state index contributed by atoms with van der Waals surface area (Å²) < 4.78 is 6.03. The summed E-state index contributed by atoms with van der Waals surface area (Å²) >= 11 is 12.3. The fourth-order valence-electron chi connectivity index (χ4n) is 0.977. The molecule has 0 fully saturated rings. The Morgan fingerprint density at radius 3 is 2.57 bits per heavy atom. The molecule has 0 saturated carbocycles. The highest BCUT2D eigenvalue weighted by atomic mass is 79.9. The quantitative estimate of drug-likeness (QED) is 0.791. The summed E-state index contributed by atoms with van der Waals surface area (Å²) in [4.78, 5) is 0.356. The highest BCUT2D eigenvalue weighted by molar-refractivity contribution is 9.10. The van der Waals surface area contributed by atoms with Crippen LogP contribution in [0.4, 0.5) is 0 Å². The van der Waals surface area contributed by atoms with Crippen molar-refractivity contribution >= 4 is 43.5 Å². The Balaban J connectivity index is 2.52. The monoisotopic (exact) mass is 336 g/mol. The van der Waals surface area contributed by atoms with E-state index in [2.05, 4.69) is 42.1 Å². The van der Waals surface area contributed by atoms with Gasteiger partial charge in [0.15, 0.2) is 0 Å². The molecule has 0 radical (unpaired) electrons. The van der Waals surface area contributed by atoms with Crippen molar-refractivity contribution in [3.63, 3.8) is 0 Å². The van der Waals surface area contributed by atoms with Crippen molar-refractivity contribution in [3.05, 3.63) is 32.5 Å². The van der Waals surface area contributed by atoms with E-state index in [0.717, 1.165) is 10.0 Å². The molecule has 0 amide bonds. The lowest BCUT2D eigenvalue weighted by Gasteiger charge is -1.98. The van der Waals surface area contributed by atoms with Gasteiger partial charge in [-0.1, -0.05) is 11.6 Å². The van der Waals surface area contributed by atoms with E-state index < -0.39 is 0 Å². The number of hydrogen-bond donors (Lipinski definition) is 0. The number of halogens is 3. The molecule has 3 nitrogen and oxygen atoms in total. The first-order valence-corrected chi connectivity index (χ1v) is 5.57. The molecule has 6 heteroatoms. The minimum Gasteiger partial charge on any atom is -0.411 e. The van der Waals surface area contributed by atoms with E-state index >= 15 is 0 Å². The van der Waals surface area contributed by atoms with Crippen molar-refractivity contribution in [2.45, 2.75) is 0 Å². The van der Waals surface area contributed by atoms with E-state index in [0.29, 0.717) is 15.7 Å². The number of nitrogens with zero attached hydrogens (tertiary/aromatic N) is 2. The molecule has 0 aliphatic rings. The highest BCUT2D eigenvalue weighted by Crippen LogP contribution is 2.30. The average molecular weight is 338 g/mol. The third kappa shape index (κ3) is 1.99. The van der Waals surface area contributed by atoms with E-state index in [1.165, 1.54) is 0 Å². The minimum atomic E-state index is 0.356. The van der Waals surface area contributed by atoms with Gasteiger partial charge in [0.25, 0.3) is 4.80 Å². The fourth-order valence-corrected chi connectivity index (χ4v) is 2.06. The Kier molecular flexibility index (Phi) is 2.90. The van der Waals surface area contributed by atoms with E-state index in [9.17, 15) is 0 Å². The Hall–Kier alpha value is -0.390. The first kappa shape index (κ1) is 10.1. The van der Waals surface area contributed by atoms with Crippen molar-refractivity contribution in [2.75, 3.05) is 0 Å². The normalized spacial score (nSPS) is 10.5. The zero-order chi connectivity index (χ0) is 10.1. The molecular formula is C8H3Br2ClN2O. The van der Waals surface area contributed by atoms with Crippen LogP contribution < -0.4 is 0 Å². The Morgan fingerprint density at radius 1 is 1.21 bits per heavy atom. The Bertz CT molecular complexity index is 472. The molecule has 72 valence electrons. The molecule has 14 heavy (non-hydrogen) atoms. The first-order valence-electron chi connectivity index (χ1n) is 3.61. The number of benzene rings is 1. The van der Waals surface area contributed by atoms with Gasteiger partial charge in [0.2, 0.25) is 5.89 Å². The van der Waals surface area contributed by atoms with Crippen LogP contribution in [0.15, 0.2) is 31.9 Å². The Labute approximate surface area is 102 Å². The largest absolute Gasteiger partial charge is 0.411 e. The molecule has 0 spiro atoms. The van der Waals surface area contributed by atoms with Crippen LogP contribution in [0.2, 0.25) is 5.02 Å². The predicted molar refractivity (Wildman–Crippen MR) is 60.1 cm³/mol. The van der Waals surface area contributed by atoms with Gasteiger partial charge in [0.05, 0.1) is 5.56 Å². The van der Waals surface area contributed by atoms with Crippen LogP contribution in [0, 0.1) is 0 Å². The van der Waals surface area contributed by atoms with Crippen LogP contribution in [0.3, 0.4) is 0 Å². The third-order valence-electron chi connectivity index (χ3n) is 1.56. The Morgan fingerprint density at radius 2 is 2.00 bits per heavy atom. The number of aromatic nitrogens is 2. The maximum Gasteiger partial charge on any atom is 0.285 e. The topological polar surface area (TPSA) is 38.9 Å². The second-order valence-electron chi connectivity index (χ2n) is 2.48. The molecule has 0 saturated heterocycles. The summed E-state index contributed by atoms with van der Waals surface area (Å²) in [7, 11) is 0. The summed E-state index contributed by atoms with van der Waals surface area (Å²) in [6, 6.07) is 5.35. The molecule has 1 aromatic carbocycles. The van der Waals surface area contributed by atoms with Gasteiger partial charge in [-0.3, -0.25) is 0 Å². The molecule has 0 aliphatic heterocycles. The lowest BCUT2D eigenvalue weighted by molar-refractivity contribution is 0.540. The fraction of sp³-hybridized carbons (Fsp3) is 0. The van der Waals surface area contributed by atoms with Crippen molar-refractivity contribution < 1.29 is 4.42 Å². The van der Waals surface area contributed by atoms with Crippen molar-refractivity contribution in [2.24, 2.45) is 0 Å². The van der Waals surface area contributed by atoms with Crippen LogP contribution >= 0.6 is 43.5 Å². The molecule has 0 aliphatic carbocycles. The SMILES string of the molecule is Clc1ccc(-c2nnc(Br)o2)c(Br)c1. The maximum absolute atomic E-state index is 5.80. The van der Waals surface area contributed by atoms with Gasteiger partial charge in [-0.2, -0.15) is 0 Å². The third-order valence-corrected chi connectivity index (χ3v) is 2.77. The summed E-state index contributed by atoms with van der Waals surface area (Å²) in [5.41, 5.74) is 0.813. The molecular weight excluding hydrogens is 335 g/mol. The van der Waals surface area contributed by atoms with Crippen LogP contribution in [0.25, 0.3) is 11.5 Å². The zero-order valence-corrected chi connectivity index (χ0v) is 10.6. The lowest BCUT2D eigenvalue weighted by atomic mass is 10.2. The minimum absolute atomic E-state index is 0.356. The van der Waals surface area contributed by atoms with E-state index in [-0.39, 0.29) is 0 Å². The van der Waals surface area contributed by atoms with Crippen LogP contribution in [-0.4, -0.2) is 10.2 Å². The molecule has 0 unspecified atom stereocenters. The molecule has 0 bridgehead atoms. The first-order chi connectivity index (χ1) is 6.66. The molecule has 2 rings (SSSR count). The van der Waals surface area contributed by atoms with Crippen LogP contribution in [0.5, 0.6) is 0 Å². The second-order valence-corrected chi connectivity index (χ2v) is 4.45. The summed E-state index contributed by atoms with van der Waals surface area (Å²) in [5, 5.41) is 8.19. The van der Waals surface area contributed by atoms with Crippen LogP contribution in [0.1, 0.15) is 0 Å². The molecule has 0 N–H and O–H groups in total. The predicted octanol–water partition coefficient (Wildman–Crippen LogP) is 3.92. The standard InChI is InChI=1S/C8H3Br2ClN2O/c9-6-3-4(11)1-2-5(6)7-12-13-8(10)14-7/h1-3H. The highest BCUT2D eigenvalue weighted by Gasteiger charge is 2.10. The average Bonchev–Trinajstić information content (AvgIpc) is 2.51.